The molecule has 2 atom stereocenters. The topological polar surface area (TPSA) is 164 Å². The average Bonchev–Trinajstić information content (AvgIpc) is 2.84. The monoisotopic (exact) mass is 658 g/mol. The lowest BCUT2D eigenvalue weighted by atomic mass is 10.1. The summed E-state index contributed by atoms with van der Waals surface area (Å²) < 4.78 is 16.9. The summed E-state index contributed by atoms with van der Waals surface area (Å²) in [5, 5.41) is 15.2. The number of nitrogens with one attached hydrogen (secondary N) is 2. The van der Waals surface area contributed by atoms with Crippen LogP contribution in [-0.2, 0) is 38.2 Å². The minimum atomic E-state index is -1.03. The van der Waals surface area contributed by atoms with Crippen LogP contribution in [0.5, 0.6) is 0 Å². The number of ether oxygens (including phenoxy) is 3. The third kappa shape index (κ3) is 17.8. The smallest absolute Gasteiger partial charge is 0.362 e. The van der Waals surface area contributed by atoms with E-state index in [0.29, 0.717) is 52.4 Å². The van der Waals surface area contributed by atoms with E-state index in [4.69, 9.17) is 19.3 Å². The Hall–Kier alpha value is -2.81. The van der Waals surface area contributed by atoms with E-state index in [1.165, 1.54) is 0 Å². The number of esters is 3. The number of aliphatic carboxylic acids is 1. The highest BCUT2D eigenvalue weighted by Gasteiger charge is 2.42. The van der Waals surface area contributed by atoms with Crippen LogP contribution in [0.3, 0.4) is 0 Å². The molecule has 1 aliphatic rings. The fourth-order valence-electron chi connectivity index (χ4n) is 5.05. The fourth-order valence-corrected chi connectivity index (χ4v) is 5.05. The van der Waals surface area contributed by atoms with Crippen molar-refractivity contribution in [3.8, 4) is 0 Å². The van der Waals surface area contributed by atoms with Crippen molar-refractivity contribution >= 4 is 29.8 Å². The lowest BCUT2D eigenvalue weighted by Gasteiger charge is -2.44. The Morgan fingerprint density at radius 2 is 1.22 bits per heavy atom. The molecule has 14 heteroatoms. The number of carboxylic acids is 1. The Morgan fingerprint density at radius 3 is 1.70 bits per heavy atom. The largest absolute Gasteiger partial charge is 0.481 e. The van der Waals surface area contributed by atoms with E-state index >= 15 is 0 Å². The molecule has 2 unspecified atom stereocenters. The van der Waals surface area contributed by atoms with Gasteiger partial charge in [0.05, 0.1) is 32.6 Å². The van der Waals surface area contributed by atoms with Crippen molar-refractivity contribution in [1.29, 1.82) is 0 Å². The van der Waals surface area contributed by atoms with E-state index in [1.54, 1.807) is 48.5 Å². The lowest BCUT2D eigenvalue weighted by Crippen LogP contribution is -2.66. The van der Waals surface area contributed by atoms with E-state index in [2.05, 4.69) is 10.6 Å². The molecule has 0 radical (unpaired) electrons. The maximum Gasteiger partial charge on any atom is 0.362 e. The summed E-state index contributed by atoms with van der Waals surface area (Å²) in [7, 11) is 0. The highest BCUT2D eigenvalue weighted by atomic mass is 16.6. The first kappa shape index (κ1) is 41.2. The Bertz CT molecular complexity index is 1030. The molecule has 46 heavy (non-hydrogen) atoms. The van der Waals surface area contributed by atoms with Crippen LogP contribution in [0.15, 0.2) is 0 Å². The Morgan fingerprint density at radius 1 is 0.739 bits per heavy atom. The van der Waals surface area contributed by atoms with Gasteiger partial charge in [0.1, 0.15) is 16.8 Å². The maximum absolute atomic E-state index is 13.4. The SMILES string of the molecule is CC(C(=O)NCCC(=O)O)[N+]1(CC(=O)OC(C)(C)C)CCNCCN(CC(=O)OC(C)(C)C)CCN(CC(=O)OC(C)(C)C)CC1. The first-order chi connectivity index (χ1) is 21.0. The van der Waals surface area contributed by atoms with Crippen LogP contribution in [0.2, 0.25) is 0 Å². The molecule has 14 nitrogen and oxygen atoms in total. The molecular weight excluding hydrogens is 598 g/mol. The molecule has 1 saturated heterocycles. The summed E-state index contributed by atoms with van der Waals surface area (Å²) in [6, 6.07) is -0.738. The minimum Gasteiger partial charge on any atom is -0.481 e. The van der Waals surface area contributed by atoms with Gasteiger partial charge in [-0.3, -0.25) is 29.0 Å². The minimum absolute atomic E-state index is 0.0211. The molecule has 0 aromatic heterocycles. The van der Waals surface area contributed by atoms with Crippen molar-refractivity contribution in [1.82, 2.24) is 20.4 Å². The van der Waals surface area contributed by atoms with Gasteiger partial charge >= 0.3 is 23.9 Å². The van der Waals surface area contributed by atoms with Gasteiger partial charge in [-0.05, 0) is 69.2 Å². The molecule has 3 N–H and O–H groups in total. The molecule has 0 aliphatic carbocycles. The van der Waals surface area contributed by atoms with Crippen LogP contribution >= 0.6 is 0 Å². The maximum atomic E-state index is 13.4. The summed E-state index contributed by atoms with van der Waals surface area (Å²) in [5.74, 6) is -2.62. The normalized spacial score (nSPS) is 20.4. The lowest BCUT2D eigenvalue weighted by molar-refractivity contribution is -0.933. The van der Waals surface area contributed by atoms with Crippen molar-refractivity contribution in [2.75, 3.05) is 78.5 Å². The van der Waals surface area contributed by atoms with E-state index in [9.17, 15) is 24.0 Å². The summed E-state index contributed by atoms with van der Waals surface area (Å²) in [6.07, 6.45) is -0.227. The Labute approximate surface area is 275 Å². The van der Waals surface area contributed by atoms with Gasteiger partial charge in [0.2, 0.25) is 0 Å². The molecule has 0 spiro atoms. The predicted octanol–water partition coefficient (Wildman–Crippen LogP) is 1.01. The van der Waals surface area contributed by atoms with Gasteiger partial charge in [0.25, 0.3) is 5.91 Å². The van der Waals surface area contributed by atoms with E-state index < -0.39 is 40.8 Å². The number of rotatable bonds is 11. The number of amides is 1. The second kappa shape index (κ2) is 17.9. The fraction of sp³-hybridized carbons (Fsp3) is 0.844. The van der Waals surface area contributed by atoms with E-state index in [-0.39, 0.29) is 49.0 Å². The predicted molar refractivity (Wildman–Crippen MR) is 173 cm³/mol. The Balaban J connectivity index is 3.39. The molecule has 0 aromatic rings. The zero-order valence-corrected chi connectivity index (χ0v) is 29.8. The highest BCUT2D eigenvalue weighted by molar-refractivity contribution is 5.81. The number of carbonyl (C=O) groups is 5. The first-order valence-electron chi connectivity index (χ1n) is 16.2. The van der Waals surface area contributed by atoms with Crippen LogP contribution < -0.4 is 10.6 Å². The number of hydrogen-bond acceptors (Lipinski definition) is 11. The highest BCUT2D eigenvalue weighted by Crippen LogP contribution is 2.19. The zero-order valence-electron chi connectivity index (χ0n) is 29.8. The standard InChI is InChI=1S/C32H59N5O9/c1-24(29(43)34-12-11-25(38)39)37(23-28(42)46-32(8,9)10)19-14-33-13-15-35(21-26(40)44-30(2,3)4)16-17-36(18-20-37)22-27(41)45-31(5,6)7/h24,33H,11-23H2,1-10H3,(H-,34,38,39,43)/p+1. The van der Waals surface area contributed by atoms with Crippen molar-refractivity contribution < 1.29 is 47.8 Å². The van der Waals surface area contributed by atoms with Crippen molar-refractivity contribution in [3.63, 3.8) is 0 Å². The zero-order chi connectivity index (χ0) is 35.3. The number of carboxylic acid groups (broad SMARTS) is 1. The summed E-state index contributed by atoms with van der Waals surface area (Å²) in [6.45, 7) is 21.2. The van der Waals surface area contributed by atoms with Crippen LogP contribution in [0.25, 0.3) is 0 Å². The molecule has 1 amide bonds. The van der Waals surface area contributed by atoms with E-state index in [0.717, 1.165) is 0 Å². The first-order valence-corrected chi connectivity index (χ1v) is 16.2. The molecule has 1 fully saturated rings. The third-order valence-electron chi connectivity index (χ3n) is 7.18. The summed E-state index contributed by atoms with van der Waals surface area (Å²) >= 11 is 0. The molecule has 0 saturated carbocycles. The van der Waals surface area contributed by atoms with Gasteiger partial charge in [0, 0.05) is 45.8 Å². The van der Waals surface area contributed by atoms with Crippen LogP contribution in [0, 0.1) is 0 Å². The average molecular weight is 659 g/mol. The van der Waals surface area contributed by atoms with Crippen LogP contribution in [0.4, 0.5) is 0 Å². The molecule has 0 bridgehead atoms. The Kier molecular flexibility index (Phi) is 16.1. The number of hydrogen-bond donors (Lipinski definition) is 3. The van der Waals surface area contributed by atoms with E-state index in [1.807, 2.05) is 30.6 Å². The third-order valence-corrected chi connectivity index (χ3v) is 7.18. The van der Waals surface area contributed by atoms with Crippen LogP contribution in [-0.4, -0.2) is 151 Å². The molecule has 266 valence electrons. The number of quaternary nitrogens is 1. The molecule has 1 heterocycles. The second-order valence-electron chi connectivity index (χ2n) is 15.0. The molecule has 0 aromatic carbocycles. The van der Waals surface area contributed by atoms with Gasteiger partial charge in [0.15, 0.2) is 12.6 Å². The van der Waals surface area contributed by atoms with Gasteiger partial charge in [-0.2, -0.15) is 0 Å². The van der Waals surface area contributed by atoms with Crippen molar-refractivity contribution in [3.05, 3.63) is 0 Å². The van der Waals surface area contributed by atoms with Crippen LogP contribution in [0.1, 0.15) is 75.7 Å². The number of carbonyl (C=O) groups excluding carboxylic acids is 4. The molecular formula is C32H60N5O9+. The van der Waals surface area contributed by atoms with Gasteiger partial charge in [-0.25, -0.2) is 4.79 Å². The number of nitrogens with zero attached hydrogens (tertiary/aromatic N) is 3. The quantitative estimate of drug-likeness (QED) is 0.164. The summed E-state index contributed by atoms with van der Waals surface area (Å²) in [4.78, 5) is 67.3. The molecule has 1 aliphatic heterocycles. The van der Waals surface area contributed by atoms with Gasteiger partial charge in [-0.15, -0.1) is 0 Å². The van der Waals surface area contributed by atoms with Gasteiger partial charge in [-0.1, -0.05) is 0 Å². The summed E-state index contributed by atoms with van der Waals surface area (Å²) in [5.41, 5.74) is -2.03. The van der Waals surface area contributed by atoms with Gasteiger partial charge < -0.3 is 34.4 Å². The molecule has 1 rings (SSSR count). The second-order valence-corrected chi connectivity index (χ2v) is 15.0. The van der Waals surface area contributed by atoms with Crippen molar-refractivity contribution in [2.24, 2.45) is 0 Å². The van der Waals surface area contributed by atoms with Crippen molar-refractivity contribution in [2.45, 2.75) is 98.5 Å².